The summed E-state index contributed by atoms with van der Waals surface area (Å²) in [5.41, 5.74) is -2.16. The normalized spacial score (nSPS) is 17.0. The number of halogens is 3. The van der Waals surface area contributed by atoms with Gasteiger partial charge < -0.3 is 20.3 Å². The number of alkyl halides is 3. The quantitative estimate of drug-likeness (QED) is 0.786. The lowest BCUT2D eigenvalue weighted by molar-refractivity contribution is -0.141. The van der Waals surface area contributed by atoms with Gasteiger partial charge in [0.2, 0.25) is 0 Å². The minimum atomic E-state index is -4.53. The third-order valence-electron chi connectivity index (χ3n) is 3.73. The first-order valence-corrected chi connectivity index (χ1v) is 7.22. The lowest BCUT2D eigenvalue weighted by Gasteiger charge is -2.22. The Hall–Kier alpha value is -2.03. The second kappa shape index (κ2) is 6.61. The molecule has 128 valence electrons. The van der Waals surface area contributed by atoms with Gasteiger partial charge in [-0.3, -0.25) is 4.79 Å². The molecule has 1 saturated carbocycles. The van der Waals surface area contributed by atoms with Crippen LogP contribution in [0.25, 0.3) is 0 Å². The van der Waals surface area contributed by atoms with E-state index in [-0.39, 0.29) is 12.2 Å². The van der Waals surface area contributed by atoms with Crippen LogP contribution in [0.4, 0.5) is 23.7 Å². The van der Waals surface area contributed by atoms with Crippen molar-refractivity contribution in [1.82, 2.24) is 9.88 Å². The highest BCUT2D eigenvalue weighted by atomic mass is 19.4. The molecule has 0 atom stereocenters. The first-order chi connectivity index (χ1) is 10.7. The van der Waals surface area contributed by atoms with Crippen molar-refractivity contribution in [2.75, 3.05) is 11.9 Å². The molecular weight excluding hydrogens is 315 g/mol. The first-order valence-electron chi connectivity index (χ1n) is 7.22. The second-order valence-electron chi connectivity index (χ2n) is 5.71. The second-order valence-corrected chi connectivity index (χ2v) is 5.71. The summed E-state index contributed by atoms with van der Waals surface area (Å²) in [6.07, 6.45) is -0.619. The minimum absolute atomic E-state index is 0.0302. The van der Waals surface area contributed by atoms with Crippen molar-refractivity contribution in [2.45, 2.75) is 44.0 Å². The first kappa shape index (κ1) is 17.3. The van der Waals surface area contributed by atoms with Crippen molar-refractivity contribution in [1.29, 1.82) is 0 Å². The lowest BCUT2D eigenvalue weighted by Crippen LogP contribution is -2.43. The van der Waals surface area contributed by atoms with Gasteiger partial charge in [0.15, 0.2) is 0 Å². The number of amides is 2. The Labute approximate surface area is 130 Å². The topological polar surface area (TPSA) is 83.4 Å². The summed E-state index contributed by atoms with van der Waals surface area (Å²) in [6.45, 7) is -1.40. The Bertz CT molecular complexity index is 622. The van der Waals surface area contributed by atoms with E-state index >= 15 is 0 Å². The Morgan fingerprint density at radius 3 is 2.61 bits per heavy atom. The number of nitrogens with zero attached hydrogens (tertiary/aromatic N) is 1. The third kappa shape index (κ3) is 4.98. The zero-order valence-electron chi connectivity index (χ0n) is 12.3. The van der Waals surface area contributed by atoms with Crippen LogP contribution >= 0.6 is 0 Å². The summed E-state index contributed by atoms with van der Waals surface area (Å²) in [5, 5.41) is 14.8. The minimum Gasteiger partial charge on any atom is -0.388 e. The van der Waals surface area contributed by atoms with E-state index in [0.29, 0.717) is 17.4 Å². The highest BCUT2D eigenvalue weighted by Crippen LogP contribution is 2.28. The molecule has 1 aliphatic rings. The van der Waals surface area contributed by atoms with Crippen LogP contribution in [0, 0.1) is 0 Å². The van der Waals surface area contributed by atoms with E-state index in [1.807, 2.05) is 0 Å². The number of hydrogen-bond acceptors (Lipinski definition) is 3. The van der Waals surface area contributed by atoms with Gasteiger partial charge in [-0.2, -0.15) is 13.2 Å². The molecule has 1 aliphatic carbocycles. The average Bonchev–Trinajstić information content (AvgIpc) is 2.87. The fourth-order valence-corrected chi connectivity index (χ4v) is 2.57. The summed E-state index contributed by atoms with van der Waals surface area (Å²) < 4.78 is 37.6. The molecule has 1 aromatic rings. The summed E-state index contributed by atoms with van der Waals surface area (Å²) in [5.74, 6) is 0. The predicted molar refractivity (Wildman–Crippen MR) is 77.2 cm³/mol. The molecule has 6 nitrogen and oxygen atoms in total. The van der Waals surface area contributed by atoms with Gasteiger partial charge in [-0.05, 0) is 25.0 Å². The molecule has 1 fully saturated rings. The summed E-state index contributed by atoms with van der Waals surface area (Å²) in [4.78, 5) is 23.6. The van der Waals surface area contributed by atoms with Gasteiger partial charge in [0.25, 0.3) is 5.56 Å². The van der Waals surface area contributed by atoms with Crippen LogP contribution in [0.2, 0.25) is 0 Å². The number of anilines is 1. The van der Waals surface area contributed by atoms with Gasteiger partial charge in [0.05, 0.1) is 5.60 Å². The third-order valence-corrected chi connectivity index (χ3v) is 3.73. The molecule has 3 N–H and O–H groups in total. The van der Waals surface area contributed by atoms with Crippen LogP contribution in [0.5, 0.6) is 0 Å². The number of hydrogen-bond donors (Lipinski definition) is 3. The van der Waals surface area contributed by atoms with E-state index < -0.39 is 29.9 Å². The molecule has 0 saturated heterocycles. The highest BCUT2D eigenvalue weighted by molar-refractivity contribution is 5.88. The van der Waals surface area contributed by atoms with Gasteiger partial charge >= 0.3 is 12.2 Å². The van der Waals surface area contributed by atoms with Crippen LogP contribution in [-0.2, 0) is 6.54 Å². The largest absolute Gasteiger partial charge is 0.406 e. The van der Waals surface area contributed by atoms with Crippen molar-refractivity contribution in [2.24, 2.45) is 0 Å². The van der Waals surface area contributed by atoms with Crippen LogP contribution in [0.3, 0.4) is 0 Å². The standard InChI is InChI=1S/C14H18F3N3O3/c15-14(16,17)9-20-7-3-4-10(11(20)21)19-12(22)18-8-13(23)5-1-2-6-13/h3-4,7,23H,1-2,5-6,8-9H2,(H2,18,19,22). The number of nitrogens with one attached hydrogen (secondary N) is 2. The SMILES string of the molecule is O=C(NCC1(O)CCCC1)Nc1cccn(CC(F)(F)F)c1=O. The maximum Gasteiger partial charge on any atom is 0.406 e. The van der Waals surface area contributed by atoms with E-state index in [2.05, 4.69) is 10.6 Å². The van der Waals surface area contributed by atoms with Crippen LogP contribution in [0.1, 0.15) is 25.7 Å². The predicted octanol–water partition coefficient (Wildman–Crippen LogP) is 1.84. The fraction of sp³-hybridized carbons (Fsp3) is 0.571. The number of aliphatic hydroxyl groups is 1. The number of rotatable bonds is 4. The van der Waals surface area contributed by atoms with Crippen molar-refractivity contribution >= 4 is 11.7 Å². The lowest BCUT2D eigenvalue weighted by atomic mass is 10.0. The van der Waals surface area contributed by atoms with E-state index in [1.165, 1.54) is 12.1 Å². The highest BCUT2D eigenvalue weighted by Gasteiger charge is 2.31. The maximum absolute atomic E-state index is 12.4. The van der Waals surface area contributed by atoms with Crippen LogP contribution < -0.4 is 16.2 Å². The number of carbonyl (C=O) groups is 1. The van der Waals surface area contributed by atoms with Crippen LogP contribution in [0.15, 0.2) is 23.1 Å². The molecule has 0 bridgehead atoms. The van der Waals surface area contributed by atoms with E-state index in [0.717, 1.165) is 19.0 Å². The molecule has 0 spiro atoms. The molecule has 0 radical (unpaired) electrons. The van der Waals surface area contributed by atoms with Gasteiger partial charge in [-0.25, -0.2) is 4.79 Å². The van der Waals surface area contributed by atoms with Crippen molar-refractivity contribution < 1.29 is 23.1 Å². The van der Waals surface area contributed by atoms with E-state index in [4.69, 9.17) is 0 Å². The Morgan fingerprint density at radius 1 is 1.35 bits per heavy atom. The van der Waals surface area contributed by atoms with Gasteiger partial charge in [0.1, 0.15) is 12.2 Å². The molecule has 9 heteroatoms. The zero-order chi connectivity index (χ0) is 17.1. The smallest absolute Gasteiger partial charge is 0.388 e. The summed E-state index contributed by atoms with van der Waals surface area (Å²) >= 11 is 0. The number of pyridine rings is 1. The number of aromatic nitrogens is 1. The van der Waals surface area contributed by atoms with E-state index in [9.17, 15) is 27.9 Å². The average molecular weight is 333 g/mol. The van der Waals surface area contributed by atoms with Crippen molar-refractivity contribution in [3.63, 3.8) is 0 Å². The molecule has 0 aliphatic heterocycles. The monoisotopic (exact) mass is 333 g/mol. The summed E-state index contributed by atoms with van der Waals surface area (Å²) in [7, 11) is 0. The van der Waals surface area contributed by atoms with Gasteiger partial charge in [0, 0.05) is 12.7 Å². The molecule has 2 rings (SSSR count). The van der Waals surface area contributed by atoms with Crippen LogP contribution in [-0.4, -0.2) is 34.0 Å². The van der Waals surface area contributed by atoms with Gasteiger partial charge in [-0.15, -0.1) is 0 Å². The molecule has 23 heavy (non-hydrogen) atoms. The molecule has 1 heterocycles. The van der Waals surface area contributed by atoms with E-state index in [1.54, 1.807) is 0 Å². The summed E-state index contributed by atoms with van der Waals surface area (Å²) in [6, 6.07) is 1.72. The molecule has 0 unspecified atom stereocenters. The molecule has 1 aromatic heterocycles. The van der Waals surface area contributed by atoms with Crippen molar-refractivity contribution in [3.8, 4) is 0 Å². The van der Waals surface area contributed by atoms with Crippen molar-refractivity contribution in [3.05, 3.63) is 28.7 Å². The number of carbonyl (C=O) groups excluding carboxylic acids is 1. The Balaban J connectivity index is 1.98. The molecular formula is C14H18F3N3O3. The Morgan fingerprint density at radius 2 is 2.00 bits per heavy atom. The molecule has 2 amide bonds. The maximum atomic E-state index is 12.4. The molecule has 0 aromatic carbocycles. The fourth-order valence-electron chi connectivity index (χ4n) is 2.57. The zero-order valence-corrected chi connectivity index (χ0v) is 12.3. The van der Waals surface area contributed by atoms with Gasteiger partial charge in [-0.1, -0.05) is 12.8 Å². The Kier molecular flexibility index (Phi) is 4.98. The number of urea groups is 1.